The number of nitrogens with one attached hydrogen (secondary N) is 3. The zero-order valence-corrected chi connectivity index (χ0v) is 18.0. The molecule has 33 heavy (non-hydrogen) atoms. The first-order valence-corrected chi connectivity index (χ1v) is 9.71. The minimum absolute atomic E-state index is 0.147. The van der Waals surface area contributed by atoms with Crippen LogP contribution in [0.5, 0.6) is 0 Å². The Balaban J connectivity index is 2.39. The summed E-state index contributed by atoms with van der Waals surface area (Å²) in [6.07, 6.45) is 5.22. The molecule has 0 spiro atoms. The molecule has 178 valence electrons. The third-order valence-electron chi connectivity index (χ3n) is 4.07. The molecule has 0 aliphatic rings. The maximum absolute atomic E-state index is 15.0. The normalized spacial score (nSPS) is 11.2. The standard InChI is InChI=1S/C22H24F3N3O5/c1-4-13-5-6-17(16(23)9-13)27-20-15(21(30)28-32-8-7-29)10-14(18(24)19(20)25)11-26-33-12-22(2,3)31/h1,5-6,9-10,26-27,29,31H,7-8,11-12H2,2-3H3,(H,28,30). The van der Waals surface area contributed by atoms with E-state index in [1.807, 2.05) is 5.48 Å². The van der Waals surface area contributed by atoms with Gasteiger partial charge in [0.2, 0.25) is 0 Å². The number of anilines is 2. The van der Waals surface area contributed by atoms with Gasteiger partial charge in [-0.15, -0.1) is 6.42 Å². The van der Waals surface area contributed by atoms with Crippen molar-refractivity contribution in [3.05, 3.63) is 58.4 Å². The van der Waals surface area contributed by atoms with Gasteiger partial charge >= 0.3 is 0 Å². The van der Waals surface area contributed by atoms with Crippen LogP contribution in [-0.4, -0.2) is 41.5 Å². The quantitative estimate of drug-likeness (QED) is 0.196. The zero-order chi connectivity index (χ0) is 24.6. The molecule has 0 bridgehead atoms. The predicted molar refractivity (Wildman–Crippen MR) is 114 cm³/mol. The van der Waals surface area contributed by atoms with Gasteiger partial charge in [0.25, 0.3) is 5.91 Å². The first-order valence-electron chi connectivity index (χ1n) is 9.71. The molecule has 0 aliphatic heterocycles. The highest BCUT2D eigenvalue weighted by molar-refractivity contribution is 6.00. The number of hydrogen-bond acceptors (Lipinski definition) is 7. The van der Waals surface area contributed by atoms with Gasteiger partial charge in [-0.25, -0.2) is 18.7 Å². The highest BCUT2D eigenvalue weighted by atomic mass is 19.2. The summed E-state index contributed by atoms with van der Waals surface area (Å²) >= 11 is 0. The average molecular weight is 467 g/mol. The molecule has 0 radical (unpaired) electrons. The largest absolute Gasteiger partial charge is 0.394 e. The molecule has 2 aromatic carbocycles. The van der Waals surface area contributed by atoms with Crippen LogP contribution < -0.4 is 16.3 Å². The number of aliphatic hydroxyl groups excluding tert-OH is 1. The molecule has 1 amide bonds. The summed E-state index contributed by atoms with van der Waals surface area (Å²) in [6.45, 7) is 1.82. The molecule has 0 unspecified atom stereocenters. The highest BCUT2D eigenvalue weighted by Gasteiger charge is 2.24. The molecule has 8 nitrogen and oxygen atoms in total. The van der Waals surface area contributed by atoms with Crippen LogP contribution in [0.1, 0.15) is 35.3 Å². The minimum Gasteiger partial charge on any atom is -0.394 e. The van der Waals surface area contributed by atoms with Crippen LogP contribution in [0.15, 0.2) is 24.3 Å². The second kappa shape index (κ2) is 11.6. The van der Waals surface area contributed by atoms with Gasteiger partial charge in [-0.1, -0.05) is 5.92 Å². The van der Waals surface area contributed by atoms with Gasteiger partial charge in [0.1, 0.15) is 5.82 Å². The first kappa shape index (κ1) is 26.1. The van der Waals surface area contributed by atoms with E-state index in [0.717, 1.165) is 12.1 Å². The predicted octanol–water partition coefficient (Wildman–Crippen LogP) is 2.27. The molecule has 0 saturated carbocycles. The number of carbonyl (C=O) groups excluding carboxylic acids is 1. The van der Waals surface area contributed by atoms with Gasteiger partial charge in [-0.05, 0) is 38.1 Å². The van der Waals surface area contributed by atoms with E-state index >= 15 is 0 Å². The second-order valence-electron chi connectivity index (χ2n) is 7.48. The van der Waals surface area contributed by atoms with E-state index in [4.69, 9.17) is 21.2 Å². The summed E-state index contributed by atoms with van der Waals surface area (Å²) in [6, 6.07) is 4.62. The molecule has 0 heterocycles. The van der Waals surface area contributed by atoms with Gasteiger partial charge in [0.15, 0.2) is 11.6 Å². The van der Waals surface area contributed by atoms with E-state index in [-0.39, 0.29) is 36.6 Å². The topological polar surface area (TPSA) is 112 Å². The molecule has 5 N–H and O–H groups in total. The molecule has 2 aromatic rings. The Morgan fingerprint density at radius 1 is 1.18 bits per heavy atom. The summed E-state index contributed by atoms with van der Waals surface area (Å²) in [4.78, 5) is 22.3. The van der Waals surface area contributed by atoms with Crippen molar-refractivity contribution < 1.29 is 37.9 Å². The molecule has 0 atom stereocenters. The summed E-state index contributed by atoms with van der Waals surface area (Å²) < 4.78 is 44.0. The summed E-state index contributed by atoms with van der Waals surface area (Å²) in [5.74, 6) is -2.36. The van der Waals surface area contributed by atoms with Gasteiger partial charge in [0, 0.05) is 17.7 Å². The Hall–Kier alpha value is -3.14. The minimum atomic E-state index is -1.45. The van der Waals surface area contributed by atoms with Crippen molar-refractivity contribution in [3.63, 3.8) is 0 Å². The van der Waals surface area contributed by atoms with Crippen molar-refractivity contribution in [3.8, 4) is 12.3 Å². The van der Waals surface area contributed by atoms with Crippen molar-refractivity contribution in [1.82, 2.24) is 11.0 Å². The summed E-state index contributed by atoms with van der Waals surface area (Å²) in [5.41, 5.74) is 1.82. The van der Waals surface area contributed by atoms with Crippen molar-refractivity contribution in [2.45, 2.75) is 26.0 Å². The number of hydrogen-bond donors (Lipinski definition) is 5. The Morgan fingerprint density at radius 3 is 2.52 bits per heavy atom. The number of amides is 1. The van der Waals surface area contributed by atoms with Crippen molar-refractivity contribution in [2.24, 2.45) is 0 Å². The van der Waals surface area contributed by atoms with Crippen LogP contribution in [0.2, 0.25) is 0 Å². The molecule has 0 aliphatic carbocycles. The SMILES string of the molecule is C#Cc1ccc(Nc2c(C(=O)NOCCO)cc(CNOCC(C)(C)O)c(F)c2F)c(F)c1. The van der Waals surface area contributed by atoms with Gasteiger partial charge in [-0.2, -0.15) is 5.48 Å². The Bertz CT molecular complexity index is 1040. The fraction of sp³-hybridized carbons (Fsp3) is 0.318. The van der Waals surface area contributed by atoms with E-state index in [2.05, 4.69) is 16.7 Å². The van der Waals surface area contributed by atoms with Crippen LogP contribution in [0.3, 0.4) is 0 Å². The molecular formula is C22H24F3N3O5. The number of benzene rings is 2. The van der Waals surface area contributed by atoms with Crippen LogP contribution in [0.25, 0.3) is 0 Å². The van der Waals surface area contributed by atoms with E-state index in [0.29, 0.717) is 0 Å². The summed E-state index contributed by atoms with van der Waals surface area (Å²) in [7, 11) is 0. The first-order chi connectivity index (χ1) is 15.6. The monoisotopic (exact) mass is 467 g/mol. The van der Waals surface area contributed by atoms with Gasteiger partial charge in [-0.3, -0.25) is 14.5 Å². The lowest BCUT2D eigenvalue weighted by molar-refractivity contribution is -0.0635. The number of carbonyl (C=O) groups is 1. The number of hydroxylamine groups is 2. The van der Waals surface area contributed by atoms with E-state index in [1.165, 1.54) is 26.0 Å². The molecule has 11 heteroatoms. The van der Waals surface area contributed by atoms with Crippen LogP contribution in [0.4, 0.5) is 24.5 Å². The number of halogens is 3. The van der Waals surface area contributed by atoms with E-state index in [9.17, 15) is 23.1 Å². The Labute approximate surface area is 188 Å². The van der Waals surface area contributed by atoms with Crippen molar-refractivity contribution in [1.29, 1.82) is 0 Å². The van der Waals surface area contributed by atoms with Gasteiger partial charge < -0.3 is 15.5 Å². The lowest BCUT2D eigenvalue weighted by Crippen LogP contribution is -2.31. The number of rotatable bonds is 11. The second-order valence-corrected chi connectivity index (χ2v) is 7.48. The fourth-order valence-corrected chi connectivity index (χ4v) is 2.52. The molecule has 0 saturated heterocycles. The average Bonchev–Trinajstić information content (AvgIpc) is 2.76. The van der Waals surface area contributed by atoms with Crippen molar-refractivity contribution >= 4 is 17.3 Å². The third kappa shape index (κ3) is 7.45. The van der Waals surface area contributed by atoms with E-state index in [1.54, 1.807) is 0 Å². The third-order valence-corrected chi connectivity index (χ3v) is 4.07. The van der Waals surface area contributed by atoms with Crippen LogP contribution in [0, 0.1) is 29.8 Å². The molecule has 2 rings (SSSR count). The highest BCUT2D eigenvalue weighted by Crippen LogP contribution is 2.30. The molecule has 0 fully saturated rings. The number of aliphatic hydroxyl groups is 2. The zero-order valence-electron chi connectivity index (χ0n) is 18.0. The van der Waals surface area contributed by atoms with E-state index < -0.39 is 46.8 Å². The van der Waals surface area contributed by atoms with Crippen molar-refractivity contribution in [2.75, 3.05) is 25.1 Å². The Morgan fingerprint density at radius 2 is 1.91 bits per heavy atom. The molecular weight excluding hydrogens is 443 g/mol. The number of terminal acetylenes is 1. The Kier molecular flexibility index (Phi) is 9.22. The van der Waals surface area contributed by atoms with Crippen LogP contribution in [-0.2, 0) is 16.2 Å². The summed E-state index contributed by atoms with van der Waals surface area (Å²) in [5, 5.41) is 20.8. The lowest BCUT2D eigenvalue weighted by Gasteiger charge is -2.18. The maximum Gasteiger partial charge on any atom is 0.277 e. The lowest BCUT2D eigenvalue weighted by atomic mass is 10.1. The van der Waals surface area contributed by atoms with Crippen LogP contribution >= 0.6 is 0 Å². The molecule has 0 aromatic heterocycles. The fourth-order valence-electron chi connectivity index (χ4n) is 2.52. The maximum atomic E-state index is 15.0. The smallest absolute Gasteiger partial charge is 0.277 e. The van der Waals surface area contributed by atoms with Gasteiger partial charge in [0.05, 0.1) is 42.4 Å².